The first-order valence-electron chi connectivity index (χ1n) is 6.53. The van der Waals surface area contributed by atoms with E-state index in [9.17, 15) is 0 Å². The van der Waals surface area contributed by atoms with Crippen molar-refractivity contribution in [2.24, 2.45) is 5.73 Å². The molecule has 3 heteroatoms. The lowest BCUT2D eigenvalue weighted by atomic mass is 9.85. The second-order valence-corrected chi connectivity index (χ2v) is 5.06. The summed E-state index contributed by atoms with van der Waals surface area (Å²) < 4.78 is 5.75. The fraction of sp³-hybridized carbons (Fsp3) is 0.250. The highest BCUT2D eigenvalue weighted by Crippen LogP contribution is 2.24. The quantitative estimate of drug-likeness (QED) is 0.877. The molecule has 2 aromatic carbocycles. The topological polar surface area (TPSA) is 47.3 Å². The first-order valence-corrected chi connectivity index (χ1v) is 6.53. The lowest BCUT2D eigenvalue weighted by molar-refractivity contribution is 0.285. The maximum absolute atomic E-state index is 6.24. The third-order valence-corrected chi connectivity index (χ3v) is 3.56. The molecule has 0 saturated carbocycles. The van der Waals surface area contributed by atoms with Gasteiger partial charge in [0.2, 0.25) is 0 Å². The highest BCUT2D eigenvalue weighted by molar-refractivity contribution is 5.34. The minimum atomic E-state index is -0.196. The second-order valence-electron chi connectivity index (χ2n) is 5.06. The zero-order valence-corrected chi connectivity index (χ0v) is 10.8. The number of benzene rings is 2. The SMILES string of the molecule is NC1(c2ccc(OCc3ccccc3)cc2)CNC1. The smallest absolute Gasteiger partial charge is 0.119 e. The summed E-state index contributed by atoms with van der Waals surface area (Å²) in [6.07, 6.45) is 0. The molecule has 3 N–H and O–H groups in total. The minimum absolute atomic E-state index is 0.196. The summed E-state index contributed by atoms with van der Waals surface area (Å²) in [7, 11) is 0. The highest BCUT2D eigenvalue weighted by atomic mass is 16.5. The molecule has 0 aliphatic carbocycles. The van der Waals surface area contributed by atoms with Gasteiger partial charge in [-0.2, -0.15) is 0 Å². The van der Waals surface area contributed by atoms with E-state index in [0.717, 1.165) is 18.8 Å². The van der Waals surface area contributed by atoms with E-state index in [1.807, 2.05) is 30.3 Å². The van der Waals surface area contributed by atoms with Crippen LogP contribution in [-0.2, 0) is 12.1 Å². The Morgan fingerprint density at radius 2 is 1.68 bits per heavy atom. The maximum Gasteiger partial charge on any atom is 0.119 e. The summed E-state index contributed by atoms with van der Waals surface area (Å²) in [4.78, 5) is 0. The molecular formula is C16H18N2O. The van der Waals surface area contributed by atoms with Gasteiger partial charge in [0.15, 0.2) is 0 Å². The summed E-state index contributed by atoms with van der Waals surface area (Å²) in [5, 5.41) is 3.21. The highest BCUT2D eigenvalue weighted by Gasteiger charge is 2.33. The van der Waals surface area contributed by atoms with E-state index in [0.29, 0.717) is 6.61 Å². The van der Waals surface area contributed by atoms with Gasteiger partial charge in [-0.1, -0.05) is 42.5 Å². The van der Waals surface area contributed by atoms with E-state index in [4.69, 9.17) is 10.5 Å². The molecule has 0 spiro atoms. The number of rotatable bonds is 4. The van der Waals surface area contributed by atoms with Crippen molar-refractivity contribution >= 4 is 0 Å². The molecule has 1 fully saturated rings. The Morgan fingerprint density at radius 3 is 2.26 bits per heavy atom. The second kappa shape index (κ2) is 5.03. The Labute approximate surface area is 113 Å². The monoisotopic (exact) mass is 254 g/mol. The summed E-state index contributed by atoms with van der Waals surface area (Å²) in [5.41, 5.74) is 8.38. The van der Waals surface area contributed by atoms with Crippen LogP contribution in [0.15, 0.2) is 54.6 Å². The van der Waals surface area contributed by atoms with Crippen molar-refractivity contribution in [1.82, 2.24) is 5.32 Å². The molecule has 1 saturated heterocycles. The number of ether oxygens (including phenoxy) is 1. The normalized spacial score (nSPS) is 16.7. The largest absolute Gasteiger partial charge is 0.489 e. The standard InChI is InChI=1S/C16H18N2O/c17-16(11-18-12-16)14-6-8-15(9-7-14)19-10-13-4-2-1-3-5-13/h1-9,18H,10-12,17H2. The number of hydrogen-bond donors (Lipinski definition) is 2. The van der Waals surface area contributed by atoms with Crippen LogP contribution < -0.4 is 15.8 Å². The third-order valence-electron chi connectivity index (χ3n) is 3.56. The van der Waals surface area contributed by atoms with E-state index < -0.39 is 0 Å². The Bertz CT molecular complexity index is 532. The Morgan fingerprint density at radius 1 is 1.00 bits per heavy atom. The first kappa shape index (κ1) is 12.2. The molecule has 3 nitrogen and oxygen atoms in total. The van der Waals surface area contributed by atoms with Gasteiger partial charge < -0.3 is 15.8 Å². The van der Waals surface area contributed by atoms with Crippen LogP contribution in [0.1, 0.15) is 11.1 Å². The van der Waals surface area contributed by atoms with E-state index in [1.165, 1.54) is 11.1 Å². The predicted octanol–water partition coefficient (Wildman–Crippen LogP) is 2.02. The summed E-state index contributed by atoms with van der Waals surface area (Å²) in [6.45, 7) is 2.28. The Hall–Kier alpha value is -1.84. The number of nitrogens with one attached hydrogen (secondary N) is 1. The fourth-order valence-electron chi connectivity index (χ4n) is 2.22. The molecule has 0 aromatic heterocycles. The molecule has 1 aliphatic rings. The van der Waals surface area contributed by atoms with Crippen LogP contribution in [0.5, 0.6) is 5.75 Å². The minimum Gasteiger partial charge on any atom is -0.489 e. The van der Waals surface area contributed by atoms with Crippen molar-refractivity contribution in [3.63, 3.8) is 0 Å². The van der Waals surface area contributed by atoms with E-state index in [2.05, 4.69) is 29.6 Å². The molecule has 1 heterocycles. The van der Waals surface area contributed by atoms with E-state index >= 15 is 0 Å². The average Bonchev–Trinajstić information content (AvgIpc) is 2.44. The van der Waals surface area contributed by atoms with Crippen LogP contribution in [0.4, 0.5) is 0 Å². The van der Waals surface area contributed by atoms with Crippen LogP contribution in [-0.4, -0.2) is 13.1 Å². The average molecular weight is 254 g/mol. The van der Waals surface area contributed by atoms with Gasteiger partial charge in [0.1, 0.15) is 12.4 Å². The number of hydrogen-bond acceptors (Lipinski definition) is 3. The van der Waals surface area contributed by atoms with Gasteiger partial charge in [-0.15, -0.1) is 0 Å². The zero-order valence-electron chi connectivity index (χ0n) is 10.8. The third kappa shape index (κ3) is 2.62. The molecule has 2 aromatic rings. The van der Waals surface area contributed by atoms with Crippen molar-refractivity contribution in [1.29, 1.82) is 0 Å². The first-order chi connectivity index (χ1) is 9.26. The van der Waals surface area contributed by atoms with Gasteiger partial charge in [0.05, 0.1) is 5.54 Å². The van der Waals surface area contributed by atoms with Crippen LogP contribution in [0.2, 0.25) is 0 Å². The van der Waals surface area contributed by atoms with Crippen LogP contribution >= 0.6 is 0 Å². The molecule has 3 rings (SSSR count). The molecule has 19 heavy (non-hydrogen) atoms. The molecule has 0 atom stereocenters. The van der Waals surface area contributed by atoms with Crippen LogP contribution in [0, 0.1) is 0 Å². The molecule has 1 aliphatic heterocycles. The van der Waals surface area contributed by atoms with Crippen molar-refractivity contribution in [2.45, 2.75) is 12.1 Å². The maximum atomic E-state index is 6.24. The van der Waals surface area contributed by atoms with Gasteiger partial charge in [-0.3, -0.25) is 0 Å². The molecule has 0 bridgehead atoms. The van der Waals surface area contributed by atoms with Gasteiger partial charge in [0, 0.05) is 13.1 Å². The fourth-order valence-corrected chi connectivity index (χ4v) is 2.22. The Kier molecular flexibility index (Phi) is 3.23. The zero-order chi connectivity index (χ0) is 13.1. The van der Waals surface area contributed by atoms with E-state index in [1.54, 1.807) is 0 Å². The Balaban J connectivity index is 1.63. The van der Waals surface area contributed by atoms with Gasteiger partial charge in [-0.05, 0) is 23.3 Å². The molecule has 0 radical (unpaired) electrons. The van der Waals surface area contributed by atoms with Gasteiger partial charge in [0.25, 0.3) is 0 Å². The van der Waals surface area contributed by atoms with Gasteiger partial charge >= 0.3 is 0 Å². The van der Waals surface area contributed by atoms with E-state index in [-0.39, 0.29) is 5.54 Å². The number of nitrogens with two attached hydrogens (primary N) is 1. The summed E-state index contributed by atoms with van der Waals surface area (Å²) in [5.74, 6) is 0.878. The van der Waals surface area contributed by atoms with Crippen molar-refractivity contribution < 1.29 is 4.74 Å². The molecule has 98 valence electrons. The molecular weight excluding hydrogens is 236 g/mol. The van der Waals surface area contributed by atoms with Gasteiger partial charge in [-0.25, -0.2) is 0 Å². The summed E-state index contributed by atoms with van der Waals surface area (Å²) >= 11 is 0. The van der Waals surface area contributed by atoms with Crippen LogP contribution in [0.3, 0.4) is 0 Å². The summed E-state index contributed by atoms with van der Waals surface area (Å²) in [6, 6.07) is 18.3. The van der Waals surface area contributed by atoms with Crippen molar-refractivity contribution in [2.75, 3.05) is 13.1 Å². The van der Waals surface area contributed by atoms with Crippen LogP contribution in [0.25, 0.3) is 0 Å². The van der Waals surface area contributed by atoms with Crippen molar-refractivity contribution in [3.05, 3.63) is 65.7 Å². The van der Waals surface area contributed by atoms with Crippen molar-refractivity contribution in [3.8, 4) is 5.75 Å². The molecule has 0 unspecified atom stereocenters. The lowest BCUT2D eigenvalue weighted by Gasteiger charge is -2.39. The lowest BCUT2D eigenvalue weighted by Crippen LogP contribution is -2.62. The predicted molar refractivity (Wildman–Crippen MR) is 76.0 cm³/mol. The molecule has 0 amide bonds.